The van der Waals surface area contributed by atoms with Gasteiger partial charge in [0.1, 0.15) is 17.6 Å². The lowest BCUT2D eigenvalue weighted by molar-refractivity contribution is -0.147. The van der Waals surface area contributed by atoms with E-state index < -0.39 is 18.5 Å². The van der Waals surface area contributed by atoms with Crippen molar-refractivity contribution in [1.82, 2.24) is 4.57 Å². The number of furan rings is 1. The van der Waals surface area contributed by atoms with Gasteiger partial charge in [-0.05, 0) is 62.6 Å². The lowest BCUT2D eigenvalue weighted by atomic mass is 10.0. The van der Waals surface area contributed by atoms with E-state index in [4.69, 9.17) is 9.15 Å². The summed E-state index contributed by atoms with van der Waals surface area (Å²) in [4.78, 5) is 36.9. The zero-order valence-electron chi connectivity index (χ0n) is 19.7. The zero-order chi connectivity index (χ0) is 24.8. The molecule has 0 bridgehead atoms. The third kappa shape index (κ3) is 5.62. The normalized spacial score (nSPS) is 10.6. The molecule has 8 heteroatoms. The highest BCUT2D eigenvalue weighted by atomic mass is 16.5. The number of ether oxygens (including phenoxy) is 1. The van der Waals surface area contributed by atoms with E-state index in [0.29, 0.717) is 29.2 Å². The number of amides is 1. The first kappa shape index (κ1) is 24.5. The van der Waals surface area contributed by atoms with Gasteiger partial charge in [-0.25, -0.2) is 0 Å². The Bertz CT molecular complexity index is 1260. The molecule has 1 aromatic carbocycles. The fourth-order valence-corrected chi connectivity index (χ4v) is 3.55. The van der Waals surface area contributed by atoms with Crippen molar-refractivity contribution in [2.45, 2.75) is 47.1 Å². The van der Waals surface area contributed by atoms with E-state index in [1.165, 1.54) is 0 Å². The number of Topliss-reactive ketones (excluding diaryl/α,β-unsaturated/α-hetero) is 1. The molecule has 0 saturated heterocycles. The van der Waals surface area contributed by atoms with Crippen LogP contribution < -0.4 is 5.32 Å². The van der Waals surface area contributed by atoms with Crippen molar-refractivity contribution in [2.24, 2.45) is 0 Å². The molecule has 176 valence electrons. The molecule has 0 atom stereocenters. The number of carbonyl (C=O) groups excluding carboxylic acids is 3. The number of ketones is 1. The van der Waals surface area contributed by atoms with Crippen molar-refractivity contribution >= 4 is 23.5 Å². The lowest BCUT2D eigenvalue weighted by Crippen LogP contribution is -2.23. The number of carbonyl (C=O) groups is 3. The van der Waals surface area contributed by atoms with Gasteiger partial charge in [-0.15, -0.1) is 0 Å². The Labute approximate surface area is 198 Å². The second-order valence-electron chi connectivity index (χ2n) is 8.14. The van der Waals surface area contributed by atoms with Crippen LogP contribution in [0.15, 0.2) is 41.0 Å². The van der Waals surface area contributed by atoms with E-state index in [-0.39, 0.29) is 18.6 Å². The molecule has 1 N–H and O–H groups in total. The molecular formula is C26H27N3O5. The highest BCUT2D eigenvalue weighted by molar-refractivity contribution is 5.98. The van der Waals surface area contributed by atoms with Crippen molar-refractivity contribution in [2.75, 3.05) is 11.9 Å². The fourth-order valence-electron chi connectivity index (χ4n) is 3.55. The average molecular weight is 462 g/mol. The molecule has 0 aliphatic heterocycles. The summed E-state index contributed by atoms with van der Waals surface area (Å²) in [5.41, 5.74) is 4.52. The molecular weight excluding hydrogens is 434 g/mol. The molecule has 0 fully saturated rings. The summed E-state index contributed by atoms with van der Waals surface area (Å²) in [5, 5.41) is 12.3. The number of hydrogen-bond donors (Lipinski definition) is 1. The largest absolute Gasteiger partial charge is 0.467 e. The first-order valence-corrected chi connectivity index (χ1v) is 10.9. The maximum absolute atomic E-state index is 12.5. The van der Waals surface area contributed by atoms with Crippen LogP contribution in [0, 0.1) is 39.0 Å². The molecule has 34 heavy (non-hydrogen) atoms. The number of benzene rings is 1. The summed E-state index contributed by atoms with van der Waals surface area (Å²) in [7, 11) is 0. The third-order valence-corrected chi connectivity index (χ3v) is 5.84. The Morgan fingerprint density at radius 3 is 2.50 bits per heavy atom. The smallest absolute Gasteiger partial charge is 0.306 e. The first-order valence-electron chi connectivity index (χ1n) is 10.9. The molecule has 2 aromatic heterocycles. The van der Waals surface area contributed by atoms with E-state index in [0.717, 1.165) is 22.4 Å². The predicted octanol–water partition coefficient (Wildman–Crippen LogP) is 4.38. The molecule has 3 rings (SSSR count). The summed E-state index contributed by atoms with van der Waals surface area (Å²) in [6.07, 6.45) is 1.41. The van der Waals surface area contributed by atoms with Crippen LogP contribution in [0.5, 0.6) is 0 Å². The van der Waals surface area contributed by atoms with Gasteiger partial charge in [0.2, 0.25) is 0 Å². The maximum Gasteiger partial charge on any atom is 0.306 e. The van der Waals surface area contributed by atoms with Crippen molar-refractivity contribution < 1.29 is 23.5 Å². The summed E-state index contributed by atoms with van der Waals surface area (Å²) >= 11 is 0. The van der Waals surface area contributed by atoms with Crippen LogP contribution in [0.1, 0.15) is 56.9 Å². The Hall–Kier alpha value is -4.12. The predicted molar refractivity (Wildman–Crippen MR) is 126 cm³/mol. The van der Waals surface area contributed by atoms with Gasteiger partial charge in [-0.1, -0.05) is 12.1 Å². The number of aryl methyl sites for hydroxylation is 2. The zero-order valence-corrected chi connectivity index (χ0v) is 19.7. The van der Waals surface area contributed by atoms with Gasteiger partial charge >= 0.3 is 5.97 Å². The molecule has 2 heterocycles. The molecule has 8 nitrogen and oxygen atoms in total. The number of nitriles is 1. The molecule has 0 spiro atoms. The topological polar surface area (TPSA) is 114 Å². The van der Waals surface area contributed by atoms with E-state index in [1.807, 2.05) is 26.8 Å². The van der Waals surface area contributed by atoms with Crippen LogP contribution in [0.2, 0.25) is 0 Å². The molecule has 0 aliphatic rings. The van der Waals surface area contributed by atoms with Gasteiger partial charge in [0.05, 0.1) is 24.8 Å². The van der Waals surface area contributed by atoms with E-state index in [1.54, 1.807) is 42.0 Å². The summed E-state index contributed by atoms with van der Waals surface area (Å²) in [6.45, 7) is 7.34. The Kier molecular flexibility index (Phi) is 7.69. The summed E-state index contributed by atoms with van der Waals surface area (Å²) in [5.74, 6) is -0.405. The monoisotopic (exact) mass is 461 g/mol. The SMILES string of the molecule is Cc1ccc(C(=O)CCC(=O)OCC(=O)Nc2c(C#N)c(C)c(C)n2Cc2ccco2)cc1C. The van der Waals surface area contributed by atoms with Gasteiger partial charge in [0.15, 0.2) is 12.4 Å². The van der Waals surface area contributed by atoms with Crippen LogP contribution in [0.25, 0.3) is 0 Å². The van der Waals surface area contributed by atoms with Crippen molar-refractivity contribution in [3.8, 4) is 6.07 Å². The van der Waals surface area contributed by atoms with E-state index >= 15 is 0 Å². The van der Waals surface area contributed by atoms with Gasteiger partial charge < -0.3 is 19.0 Å². The molecule has 3 aromatic rings. The Morgan fingerprint density at radius 1 is 1.09 bits per heavy atom. The lowest BCUT2D eigenvalue weighted by Gasteiger charge is -2.12. The number of anilines is 1. The van der Waals surface area contributed by atoms with Crippen molar-refractivity contribution in [3.63, 3.8) is 0 Å². The molecule has 0 radical (unpaired) electrons. The van der Waals surface area contributed by atoms with Gasteiger partial charge in [0, 0.05) is 17.7 Å². The van der Waals surface area contributed by atoms with Crippen LogP contribution in [-0.4, -0.2) is 28.8 Å². The van der Waals surface area contributed by atoms with Crippen LogP contribution in [0.3, 0.4) is 0 Å². The number of nitrogens with zero attached hydrogens (tertiary/aromatic N) is 2. The van der Waals surface area contributed by atoms with Crippen LogP contribution in [0.4, 0.5) is 5.82 Å². The number of aromatic nitrogens is 1. The fraction of sp³-hybridized carbons (Fsp3) is 0.308. The summed E-state index contributed by atoms with van der Waals surface area (Å²) in [6, 6.07) is 11.1. The van der Waals surface area contributed by atoms with E-state index in [9.17, 15) is 19.6 Å². The van der Waals surface area contributed by atoms with E-state index in [2.05, 4.69) is 11.4 Å². The van der Waals surface area contributed by atoms with Crippen LogP contribution in [-0.2, 0) is 20.9 Å². The number of esters is 1. The second-order valence-corrected chi connectivity index (χ2v) is 8.14. The molecule has 0 unspecified atom stereocenters. The van der Waals surface area contributed by atoms with Crippen molar-refractivity contribution in [1.29, 1.82) is 5.26 Å². The Morgan fingerprint density at radius 2 is 1.85 bits per heavy atom. The Balaban J connectivity index is 1.58. The molecule has 0 saturated carbocycles. The quantitative estimate of drug-likeness (QED) is 0.374. The molecule has 0 aliphatic carbocycles. The first-order chi connectivity index (χ1) is 16.2. The minimum absolute atomic E-state index is 0.00801. The highest BCUT2D eigenvalue weighted by Crippen LogP contribution is 2.27. The highest BCUT2D eigenvalue weighted by Gasteiger charge is 2.21. The van der Waals surface area contributed by atoms with Gasteiger partial charge in [-0.2, -0.15) is 5.26 Å². The standard InChI is InChI=1S/C26H27N3O5/c1-16-7-8-20(12-17(16)2)23(30)9-10-25(32)34-15-24(31)28-26-22(13-27)18(3)19(4)29(26)14-21-6-5-11-33-21/h5-8,11-12H,9-10,14-15H2,1-4H3,(H,28,31). The van der Waals surface area contributed by atoms with Crippen molar-refractivity contribution in [3.05, 3.63) is 75.9 Å². The third-order valence-electron chi connectivity index (χ3n) is 5.84. The number of rotatable bonds is 9. The van der Waals surface area contributed by atoms with Crippen LogP contribution >= 0.6 is 0 Å². The average Bonchev–Trinajstić information content (AvgIpc) is 3.40. The minimum Gasteiger partial charge on any atom is -0.467 e. The molecule has 1 amide bonds. The maximum atomic E-state index is 12.5. The van der Waals surface area contributed by atoms with Gasteiger partial charge in [-0.3, -0.25) is 14.4 Å². The second kappa shape index (κ2) is 10.7. The number of hydrogen-bond acceptors (Lipinski definition) is 6. The summed E-state index contributed by atoms with van der Waals surface area (Å²) < 4.78 is 12.2. The number of nitrogens with one attached hydrogen (secondary N) is 1. The minimum atomic E-state index is -0.647. The van der Waals surface area contributed by atoms with Gasteiger partial charge in [0.25, 0.3) is 5.91 Å².